The van der Waals surface area contributed by atoms with Crippen LogP contribution in [-0.2, 0) is 14.8 Å². The molecule has 0 aliphatic carbocycles. The number of amides is 1. The van der Waals surface area contributed by atoms with Crippen LogP contribution in [0, 0.1) is 13.8 Å². The maximum absolute atomic E-state index is 12.9. The molecular formula is C19H23ClN2O4S. The lowest BCUT2D eigenvalue weighted by Gasteiger charge is -2.21. The third kappa shape index (κ3) is 5.00. The van der Waals surface area contributed by atoms with Crippen molar-refractivity contribution in [3.63, 3.8) is 0 Å². The first-order valence-electron chi connectivity index (χ1n) is 8.39. The fraction of sp³-hybridized carbons (Fsp3) is 0.316. The highest BCUT2D eigenvalue weighted by Gasteiger charge is 2.26. The van der Waals surface area contributed by atoms with E-state index in [0.29, 0.717) is 11.4 Å². The van der Waals surface area contributed by atoms with Crippen molar-refractivity contribution >= 4 is 33.2 Å². The number of halogens is 1. The van der Waals surface area contributed by atoms with Crippen molar-refractivity contribution in [2.45, 2.75) is 25.7 Å². The zero-order chi connectivity index (χ0) is 20.2. The van der Waals surface area contributed by atoms with Crippen molar-refractivity contribution in [3.8, 4) is 5.75 Å². The summed E-state index contributed by atoms with van der Waals surface area (Å²) in [6.07, 6.45) is 0. The van der Waals surface area contributed by atoms with Gasteiger partial charge in [0.15, 0.2) is 0 Å². The van der Waals surface area contributed by atoms with Gasteiger partial charge < -0.3 is 10.1 Å². The molecule has 0 saturated carbocycles. The zero-order valence-corrected chi connectivity index (χ0v) is 17.3. The Morgan fingerprint density at radius 3 is 2.48 bits per heavy atom. The number of nitrogens with one attached hydrogen (secondary N) is 1. The number of likely N-dealkylation sites (N-methyl/N-ethyl adjacent to an activating group) is 1. The van der Waals surface area contributed by atoms with Crippen LogP contribution in [0.25, 0.3) is 0 Å². The minimum Gasteiger partial charge on any atom is -0.495 e. The van der Waals surface area contributed by atoms with Gasteiger partial charge in [-0.1, -0.05) is 30.7 Å². The smallest absolute Gasteiger partial charge is 0.243 e. The van der Waals surface area contributed by atoms with Crippen LogP contribution in [0.15, 0.2) is 41.3 Å². The quantitative estimate of drug-likeness (QED) is 0.756. The molecule has 0 unspecified atom stereocenters. The summed E-state index contributed by atoms with van der Waals surface area (Å²) < 4.78 is 31.9. The molecule has 0 heterocycles. The van der Waals surface area contributed by atoms with E-state index in [2.05, 4.69) is 5.32 Å². The van der Waals surface area contributed by atoms with Crippen LogP contribution in [0.5, 0.6) is 5.75 Å². The highest BCUT2D eigenvalue weighted by atomic mass is 35.5. The van der Waals surface area contributed by atoms with E-state index in [1.807, 2.05) is 32.0 Å². The predicted molar refractivity (Wildman–Crippen MR) is 107 cm³/mol. The lowest BCUT2D eigenvalue weighted by Crippen LogP contribution is -2.37. The molecule has 0 fully saturated rings. The summed E-state index contributed by atoms with van der Waals surface area (Å²) in [6.45, 7) is 5.32. The number of hydrogen-bond donors (Lipinski definition) is 1. The van der Waals surface area contributed by atoms with Crippen LogP contribution < -0.4 is 10.1 Å². The van der Waals surface area contributed by atoms with Crippen LogP contribution in [-0.4, -0.2) is 38.8 Å². The molecule has 27 heavy (non-hydrogen) atoms. The number of benzene rings is 2. The van der Waals surface area contributed by atoms with Crippen molar-refractivity contribution < 1.29 is 17.9 Å². The van der Waals surface area contributed by atoms with Crippen molar-refractivity contribution in [1.82, 2.24) is 4.31 Å². The van der Waals surface area contributed by atoms with Crippen LogP contribution in [0.4, 0.5) is 5.69 Å². The third-order valence-electron chi connectivity index (χ3n) is 4.10. The fourth-order valence-electron chi connectivity index (χ4n) is 2.54. The van der Waals surface area contributed by atoms with Crippen molar-refractivity contribution in [3.05, 3.63) is 52.5 Å². The summed E-state index contributed by atoms with van der Waals surface area (Å²) in [4.78, 5) is 12.4. The summed E-state index contributed by atoms with van der Waals surface area (Å²) in [6, 6.07) is 9.91. The van der Waals surface area contributed by atoms with E-state index in [0.717, 1.165) is 15.4 Å². The van der Waals surface area contributed by atoms with Crippen molar-refractivity contribution in [2.24, 2.45) is 0 Å². The van der Waals surface area contributed by atoms with Crippen LogP contribution in [0.3, 0.4) is 0 Å². The third-order valence-corrected chi connectivity index (χ3v) is 6.31. The summed E-state index contributed by atoms with van der Waals surface area (Å²) in [5.41, 5.74) is 2.58. The van der Waals surface area contributed by atoms with E-state index in [9.17, 15) is 13.2 Å². The topological polar surface area (TPSA) is 75.7 Å². The van der Waals surface area contributed by atoms with E-state index < -0.39 is 15.9 Å². The minimum atomic E-state index is -3.87. The van der Waals surface area contributed by atoms with Gasteiger partial charge in [-0.2, -0.15) is 4.31 Å². The molecule has 2 aromatic rings. The SMILES string of the molecule is CCN(CC(=O)Nc1cc(C)ccc1C)S(=O)(=O)c1ccc(OC)c(Cl)c1. The first-order chi connectivity index (χ1) is 12.7. The average molecular weight is 411 g/mol. The molecule has 6 nitrogen and oxygen atoms in total. The molecule has 0 aliphatic heterocycles. The maximum Gasteiger partial charge on any atom is 0.243 e. The molecule has 0 atom stereocenters. The molecule has 0 aromatic heterocycles. The van der Waals surface area contributed by atoms with Crippen molar-refractivity contribution in [1.29, 1.82) is 0 Å². The monoisotopic (exact) mass is 410 g/mol. The molecule has 0 aliphatic rings. The fourth-order valence-corrected chi connectivity index (χ4v) is 4.30. The van der Waals surface area contributed by atoms with Gasteiger partial charge in [0.25, 0.3) is 0 Å². The lowest BCUT2D eigenvalue weighted by molar-refractivity contribution is -0.116. The molecule has 8 heteroatoms. The van der Waals surface area contributed by atoms with Gasteiger partial charge in [0, 0.05) is 12.2 Å². The molecule has 146 valence electrons. The minimum absolute atomic E-state index is 0.00897. The van der Waals surface area contributed by atoms with Crippen molar-refractivity contribution in [2.75, 3.05) is 25.5 Å². The Balaban J connectivity index is 2.21. The van der Waals surface area contributed by atoms with Crippen LogP contribution >= 0.6 is 11.6 Å². The number of sulfonamides is 1. The second-order valence-corrected chi connectivity index (χ2v) is 8.44. The van der Waals surface area contributed by atoms with Gasteiger partial charge in [-0.3, -0.25) is 4.79 Å². The van der Waals surface area contributed by atoms with Crippen LogP contribution in [0.2, 0.25) is 5.02 Å². The Bertz CT molecular complexity index is 945. The molecule has 0 saturated heterocycles. The number of carbonyl (C=O) groups excluding carboxylic acids is 1. The van der Waals surface area contributed by atoms with Gasteiger partial charge in [0.1, 0.15) is 5.75 Å². The van der Waals surface area contributed by atoms with E-state index in [1.54, 1.807) is 6.92 Å². The molecule has 1 amide bonds. The van der Waals surface area contributed by atoms with Gasteiger partial charge in [-0.25, -0.2) is 8.42 Å². The number of anilines is 1. The van der Waals surface area contributed by atoms with Gasteiger partial charge in [-0.15, -0.1) is 0 Å². The second kappa shape index (κ2) is 8.73. The molecule has 2 rings (SSSR count). The maximum atomic E-state index is 12.9. The number of methoxy groups -OCH3 is 1. The highest BCUT2D eigenvalue weighted by Crippen LogP contribution is 2.28. The largest absolute Gasteiger partial charge is 0.495 e. The zero-order valence-electron chi connectivity index (χ0n) is 15.7. The van der Waals surface area contributed by atoms with E-state index >= 15 is 0 Å². The van der Waals surface area contributed by atoms with Gasteiger partial charge in [0.05, 0.1) is 23.6 Å². The number of aryl methyl sites for hydroxylation is 2. The van der Waals surface area contributed by atoms with E-state index in [4.69, 9.17) is 16.3 Å². The predicted octanol–water partition coefficient (Wildman–Crippen LogP) is 3.61. The molecule has 1 N–H and O–H groups in total. The first-order valence-corrected chi connectivity index (χ1v) is 10.2. The Morgan fingerprint density at radius 2 is 1.89 bits per heavy atom. The number of ether oxygens (including phenoxy) is 1. The molecule has 0 radical (unpaired) electrons. The van der Waals surface area contributed by atoms with Gasteiger partial charge >= 0.3 is 0 Å². The number of nitrogens with zero attached hydrogens (tertiary/aromatic N) is 1. The first kappa shape index (κ1) is 21.2. The lowest BCUT2D eigenvalue weighted by atomic mass is 10.1. The average Bonchev–Trinajstić information content (AvgIpc) is 2.62. The molecule has 0 bridgehead atoms. The van der Waals surface area contributed by atoms with E-state index in [-0.39, 0.29) is 23.0 Å². The molecule has 2 aromatic carbocycles. The summed E-state index contributed by atoms with van der Waals surface area (Å²) in [7, 11) is -2.42. The summed E-state index contributed by atoms with van der Waals surface area (Å²) in [5, 5.41) is 2.97. The Kier molecular flexibility index (Phi) is 6.86. The molecular weight excluding hydrogens is 388 g/mol. The number of rotatable bonds is 7. The second-order valence-electron chi connectivity index (χ2n) is 6.09. The number of hydrogen-bond acceptors (Lipinski definition) is 4. The van der Waals surface area contributed by atoms with Crippen LogP contribution in [0.1, 0.15) is 18.1 Å². The van der Waals surface area contributed by atoms with Gasteiger partial charge in [-0.05, 0) is 49.2 Å². The molecule has 0 spiro atoms. The Labute approximate surface area is 165 Å². The van der Waals surface area contributed by atoms with E-state index in [1.165, 1.54) is 25.3 Å². The summed E-state index contributed by atoms with van der Waals surface area (Å²) >= 11 is 6.04. The Morgan fingerprint density at radius 1 is 1.19 bits per heavy atom. The summed E-state index contributed by atoms with van der Waals surface area (Å²) in [5.74, 6) is -0.0277. The van der Waals surface area contributed by atoms with Gasteiger partial charge in [0.2, 0.25) is 15.9 Å². The standard InChI is InChI=1S/C19H23ClN2O4S/c1-5-22(12-19(23)21-17-10-13(2)6-7-14(17)3)27(24,25)15-8-9-18(26-4)16(20)11-15/h6-11H,5,12H2,1-4H3,(H,21,23). The number of carbonyl (C=O) groups is 1. The highest BCUT2D eigenvalue weighted by molar-refractivity contribution is 7.89. The normalized spacial score (nSPS) is 11.5. The Hall–Kier alpha value is -2.09.